The van der Waals surface area contributed by atoms with E-state index < -0.39 is 16.7 Å². The summed E-state index contributed by atoms with van der Waals surface area (Å²) in [5, 5.41) is 36.0. The Morgan fingerprint density at radius 1 is 0.351 bits per heavy atom. The van der Waals surface area contributed by atoms with Crippen molar-refractivity contribution in [3.8, 4) is 22.5 Å². The Morgan fingerprint density at radius 3 is 0.969 bits per heavy atom. The van der Waals surface area contributed by atoms with Crippen molar-refractivity contribution in [2.24, 2.45) is 0 Å². The van der Waals surface area contributed by atoms with Gasteiger partial charge in [0.25, 0.3) is 0 Å². The minimum atomic E-state index is -4.26. The molecule has 0 spiro atoms. The monoisotopic (exact) mass is 1680 g/mol. The van der Waals surface area contributed by atoms with Crippen LogP contribution in [0.1, 0.15) is 7.43 Å². The van der Waals surface area contributed by atoms with Crippen LogP contribution in [-0.4, -0.2) is 55.9 Å². The molecule has 2 N–H and O–H groups in total. The van der Waals surface area contributed by atoms with Gasteiger partial charge in [0.1, 0.15) is 9.21 Å². The van der Waals surface area contributed by atoms with Crippen molar-refractivity contribution >= 4 is 298 Å². The van der Waals surface area contributed by atoms with Gasteiger partial charge in [-0.2, -0.15) is 0 Å². The Kier molecular flexibility index (Phi) is 20.7. The van der Waals surface area contributed by atoms with Gasteiger partial charge in [-0.1, -0.05) is 136 Å². The zero-order valence-electron chi connectivity index (χ0n) is 50.3. The molecule has 24 heteroatoms. The van der Waals surface area contributed by atoms with Gasteiger partial charge in [-0.05, 0) is 121 Å². The first-order chi connectivity index (χ1) is 46.9. The van der Waals surface area contributed by atoms with E-state index in [0.29, 0.717) is 5.46 Å². The summed E-state index contributed by atoms with van der Waals surface area (Å²) in [4.78, 5) is 26.9. The molecule has 0 bridgehead atoms. The molecule has 97 heavy (non-hydrogen) atoms. The minimum absolute atomic E-state index is 0. The number of fused-ring (bicyclic) bond motifs is 21. The Hall–Kier alpha value is -5.88. The third-order valence-electron chi connectivity index (χ3n) is 15.8. The number of nitrogens with zero attached hydrogens (tertiary/aromatic N) is 6. The Balaban J connectivity index is 0.000000122. The maximum absolute atomic E-state index is 9.12. The Labute approximate surface area is 618 Å². The number of halogens is 7. The van der Waals surface area contributed by atoms with Crippen LogP contribution in [0.25, 0.3) is 156 Å². The van der Waals surface area contributed by atoms with Gasteiger partial charge in [0, 0.05) is 160 Å². The van der Waals surface area contributed by atoms with Gasteiger partial charge in [-0.15, -0.1) is 64.2 Å². The predicted octanol–water partition coefficient (Wildman–Crippen LogP) is 25.0. The number of benzene rings is 11. The molecular weight excluding hydrogens is 1640 g/mol. The molecule has 8 nitrogen and oxygen atoms in total. The van der Waals surface area contributed by atoms with Crippen molar-refractivity contribution < 1.29 is 19.7 Å². The SMILES string of the molecule is Brc1nccnc1Br.C.OB(O)c1ccc2c(c1)sc1ccccc12.[3H][B][PH-].[Cl][Mo]([Cl])([Cl])([Cl])[Cl].c1ccc2c(c1)sc1cc(-c3nccnc3-c3ccc4c(c3)sc3ccccc34)ccc12.c1ccc2c(c1)sc1cc3c(cc12)c1cc2c(cc1c1nccnc31)sc1ccccc12. The zero-order valence-corrected chi connectivity index (χ0v) is 63.4. The first kappa shape index (κ1) is 68.3. The van der Waals surface area contributed by atoms with E-state index in [0.717, 1.165) is 55.0 Å². The molecule has 0 saturated heterocycles. The molecule has 478 valence electrons. The van der Waals surface area contributed by atoms with E-state index in [4.69, 9.17) is 78.4 Å². The summed E-state index contributed by atoms with van der Waals surface area (Å²) in [6.45, 7) is 0. The maximum atomic E-state index is 9.12. The molecule has 0 aliphatic carbocycles. The van der Waals surface area contributed by atoms with Gasteiger partial charge < -0.3 is 19.2 Å². The maximum Gasteiger partial charge on any atom is 0.0972 e. The molecule has 0 atom stereocenters. The summed E-state index contributed by atoms with van der Waals surface area (Å²) >= 11 is 15.4. The minimum Gasteiger partial charge on any atom is -0.252 e. The van der Waals surface area contributed by atoms with Crippen molar-refractivity contribution in [2.75, 3.05) is 0 Å². The second-order valence-corrected chi connectivity index (χ2v) is 58.9. The van der Waals surface area contributed by atoms with Crippen LogP contribution in [0.2, 0.25) is 0 Å². The van der Waals surface area contributed by atoms with E-state index >= 15 is 0 Å². The van der Waals surface area contributed by atoms with Crippen LogP contribution in [0.15, 0.2) is 247 Å². The first-order valence-electron chi connectivity index (χ1n) is 29.7. The van der Waals surface area contributed by atoms with Crippen molar-refractivity contribution in [1.29, 1.82) is 1.34 Å². The summed E-state index contributed by atoms with van der Waals surface area (Å²) < 4.78 is 20.2. The fraction of sp³-hybridized carbons (Fsp3) is 0.0137. The molecular formula is C73H47B2Br2Cl5MoN6O2PS5-. The van der Waals surface area contributed by atoms with Gasteiger partial charge in [0.05, 0.1) is 22.4 Å². The third kappa shape index (κ3) is 14.8. The molecule has 19 aromatic rings. The van der Waals surface area contributed by atoms with Crippen molar-refractivity contribution in [2.45, 2.75) is 7.43 Å². The fourth-order valence-electron chi connectivity index (χ4n) is 11.8. The molecule has 0 fully saturated rings. The summed E-state index contributed by atoms with van der Waals surface area (Å²) in [6, 6.07) is 71.0. The third-order valence-corrected chi connectivity index (χ3v) is 23.2. The van der Waals surface area contributed by atoms with E-state index in [1.54, 1.807) is 54.6 Å². The number of aromatic nitrogens is 6. The number of thiophene rings is 5. The van der Waals surface area contributed by atoms with Crippen LogP contribution in [-0.2, 0) is 9.60 Å². The fourth-order valence-corrected chi connectivity index (χ4v) is 18.0. The molecule has 0 unspecified atom stereocenters. The van der Waals surface area contributed by atoms with Gasteiger partial charge >= 0.3 is 63.8 Å². The number of hydrogen-bond donors (Lipinski definition) is 2. The van der Waals surface area contributed by atoms with Crippen LogP contribution in [0.4, 0.5) is 0 Å². The first-order valence-corrected chi connectivity index (χ1v) is 48.3. The number of rotatable bonds is 3. The Morgan fingerprint density at radius 2 is 0.629 bits per heavy atom. The standard InChI is InChI=1S/C28H14N2S2.C28H16N2S2.C12H9BO2S.C4H2Br2N2.CH4.BH2P.5ClH.Mo/c1-3-7-23-15(5-1)19-11-17-18-12-20-16-6-2-4-8-24(16)32-26(20)14-22(18)28-27(29-9-10-30-28)21(17)13-25(19)31-23;1-3-7-23-19(5-1)21-11-9-17(15-25(21)31-23)27-28(30-14-13-29-27)18-10-12-22-20-6-2-4-8-24(20)32-26(22)16-18;14-13(15)8-5-6-10-9-3-1-2-4-11(9)16-12(10)7-8;5-3-4(6)8-2-1-7-3;;1-2;;;;;;/h1-14H;1-16H;1-7,14-15H;1-2H;1H4;1-2H;5*1H;/q;;;;;-1;;;;;;+5/p-5/i;;;;;1T;;;;;;. The van der Waals surface area contributed by atoms with Crippen molar-refractivity contribution in [3.63, 3.8) is 0 Å². The van der Waals surface area contributed by atoms with Gasteiger partial charge in [-0.3, -0.25) is 19.9 Å². The van der Waals surface area contributed by atoms with E-state index in [-0.39, 0.29) is 7.43 Å². The van der Waals surface area contributed by atoms with Crippen LogP contribution in [0.5, 0.6) is 0 Å². The quantitative estimate of drug-likeness (QED) is 0.102. The van der Waals surface area contributed by atoms with Crippen molar-refractivity contribution in [3.05, 3.63) is 247 Å². The van der Waals surface area contributed by atoms with Crippen molar-refractivity contribution in [1.82, 2.24) is 29.9 Å². The molecule has 0 aliphatic heterocycles. The molecule has 8 heterocycles. The average molecular weight is 1690 g/mol. The normalized spacial score (nSPS) is 11.9. The van der Waals surface area contributed by atoms with Crippen LogP contribution in [0.3, 0.4) is 0 Å². The molecule has 0 aliphatic rings. The molecule has 11 aromatic carbocycles. The van der Waals surface area contributed by atoms with Crippen LogP contribution in [0, 0.1) is 0 Å². The largest absolute Gasteiger partial charge is 0.252 e. The average Bonchev–Trinajstić information content (AvgIpc) is 1.31. The summed E-state index contributed by atoms with van der Waals surface area (Å²) in [5.41, 5.74) is 6.55. The molecule has 19 rings (SSSR count). The molecule has 0 amide bonds. The summed E-state index contributed by atoms with van der Waals surface area (Å²) in [5.74, 6) is 0. The topological polar surface area (TPSA) is 118 Å². The molecule has 8 aromatic heterocycles. The van der Waals surface area contributed by atoms with Crippen LogP contribution >= 0.6 is 145 Å². The number of hydrogen-bond acceptors (Lipinski definition) is 13. The van der Waals surface area contributed by atoms with E-state index in [9.17, 15) is 0 Å². The molecule has 0 saturated carbocycles. The van der Waals surface area contributed by atoms with Gasteiger partial charge in [0.2, 0.25) is 0 Å². The summed E-state index contributed by atoms with van der Waals surface area (Å²) in [7, 11) is 23.3. The van der Waals surface area contributed by atoms with Gasteiger partial charge in [-0.25, -0.2) is 9.97 Å². The van der Waals surface area contributed by atoms with Gasteiger partial charge in [0.15, 0.2) is 0 Å². The smallest absolute Gasteiger partial charge is 0.0972 e. The predicted molar refractivity (Wildman–Crippen MR) is 437 cm³/mol. The Bertz CT molecular complexity index is 5910. The van der Waals surface area contributed by atoms with E-state index in [1.165, 1.54) is 118 Å². The second-order valence-electron chi connectivity index (χ2n) is 21.6. The second kappa shape index (κ2) is 29.4. The van der Waals surface area contributed by atoms with Crippen LogP contribution < -0.4 is 5.46 Å². The summed E-state index contributed by atoms with van der Waals surface area (Å²) in [6.07, 6.45) is 10.4. The van der Waals surface area contributed by atoms with E-state index in [1.807, 2.05) is 69.6 Å². The molecule has 1 radical (unpaired) electrons. The zero-order chi connectivity index (χ0) is 67.1. The van der Waals surface area contributed by atoms with E-state index in [2.05, 4.69) is 221 Å².